The maximum Gasteiger partial charge on any atom is 0.337 e. The van der Waals surface area contributed by atoms with Crippen LogP contribution in [0.2, 0.25) is 0 Å². The van der Waals surface area contributed by atoms with Crippen molar-refractivity contribution in [1.82, 2.24) is 0 Å². The molecule has 6 heteroatoms. The summed E-state index contributed by atoms with van der Waals surface area (Å²) in [6, 6.07) is 12.0. The van der Waals surface area contributed by atoms with E-state index in [-0.39, 0.29) is 23.6 Å². The second kappa shape index (κ2) is 6.87. The Balaban J connectivity index is 2.14. The van der Waals surface area contributed by atoms with Crippen LogP contribution in [0.4, 0.5) is 5.69 Å². The lowest BCUT2D eigenvalue weighted by Crippen LogP contribution is -2.16. The van der Waals surface area contributed by atoms with E-state index in [4.69, 9.17) is 5.11 Å². The number of nitrogens with one attached hydrogen (secondary N) is 1. The Labute approximate surface area is 138 Å². The van der Waals surface area contributed by atoms with Crippen LogP contribution in [0.1, 0.15) is 15.9 Å². The highest BCUT2D eigenvalue weighted by atomic mass is 79.9. The predicted molar refractivity (Wildman–Crippen MR) is 87.6 cm³/mol. The number of anilines is 1. The highest BCUT2D eigenvalue weighted by molar-refractivity contribution is 9.10. The van der Waals surface area contributed by atoms with Gasteiger partial charge in [-0.15, -0.1) is 0 Å². The minimum Gasteiger partial charge on any atom is -0.478 e. The Morgan fingerprint density at radius 3 is 2.24 bits per heavy atom. The Morgan fingerprint density at radius 2 is 1.62 bits per heavy atom. The van der Waals surface area contributed by atoms with E-state index in [1.165, 1.54) is 6.07 Å². The zero-order chi connectivity index (χ0) is 15.4. The first-order chi connectivity index (χ1) is 9.95. The summed E-state index contributed by atoms with van der Waals surface area (Å²) in [6.07, 6.45) is 0.179. The van der Waals surface area contributed by atoms with Gasteiger partial charge in [-0.2, -0.15) is 0 Å². The number of aromatic carboxylic acids is 1. The van der Waals surface area contributed by atoms with Crippen molar-refractivity contribution in [2.24, 2.45) is 0 Å². The van der Waals surface area contributed by atoms with E-state index in [1.807, 2.05) is 24.3 Å². The molecule has 0 radical (unpaired) electrons. The monoisotopic (exact) mass is 411 g/mol. The van der Waals surface area contributed by atoms with Gasteiger partial charge >= 0.3 is 5.97 Å². The molecule has 0 aromatic heterocycles. The first-order valence-corrected chi connectivity index (χ1v) is 7.61. The van der Waals surface area contributed by atoms with Gasteiger partial charge in [0.25, 0.3) is 0 Å². The zero-order valence-electron chi connectivity index (χ0n) is 10.8. The molecule has 0 atom stereocenters. The van der Waals surface area contributed by atoms with Crippen LogP contribution in [0.15, 0.2) is 51.4 Å². The molecular formula is C15H11Br2NO3. The summed E-state index contributed by atoms with van der Waals surface area (Å²) in [5.41, 5.74) is 1.18. The number of hydrogen-bond acceptors (Lipinski definition) is 2. The smallest absolute Gasteiger partial charge is 0.337 e. The highest BCUT2D eigenvalue weighted by Crippen LogP contribution is 2.22. The molecule has 0 aliphatic carbocycles. The molecule has 0 spiro atoms. The summed E-state index contributed by atoms with van der Waals surface area (Å²) >= 11 is 6.59. The second-order valence-corrected chi connectivity index (χ2v) is 6.18. The summed E-state index contributed by atoms with van der Waals surface area (Å²) in [6.45, 7) is 0. The first-order valence-electron chi connectivity index (χ1n) is 6.03. The predicted octanol–water partition coefficient (Wildman–Crippen LogP) is 4.09. The number of carboxylic acids is 1. The van der Waals surface area contributed by atoms with Crippen LogP contribution in [-0.2, 0) is 11.2 Å². The molecule has 2 aromatic carbocycles. The molecule has 108 valence electrons. The summed E-state index contributed by atoms with van der Waals surface area (Å²) in [5, 5.41) is 11.8. The van der Waals surface area contributed by atoms with Crippen LogP contribution in [0.25, 0.3) is 0 Å². The van der Waals surface area contributed by atoms with Gasteiger partial charge in [-0.1, -0.05) is 44.0 Å². The number of carbonyl (C=O) groups excluding carboxylic acids is 1. The SMILES string of the molecule is O=C(Cc1ccc(Br)cc1)Nc1cc(Br)ccc1C(=O)O. The topological polar surface area (TPSA) is 66.4 Å². The van der Waals surface area contributed by atoms with Gasteiger partial charge in [0.1, 0.15) is 0 Å². The minimum absolute atomic E-state index is 0.0577. The summed E-state index contributed by atoms with van der Waals surface area (Å²) in [7, 11) is 0. The normalized spacial score (nSPS) is 10.2. The minimum atomic E-state index is -1.08. The van der Waals surface area contributed by atoms with Crippen LogP contribution in [0.5, 0.6) is 0 Å². The van der Waals surface area contributed by atoms with Crippen LogP contribution in [-0.4, -0.2) is 17.0 Å². The standard InChI is InChI=1S/C15H11Br2NO3/c16-10-3-1-9(2-4-10)7-14(19)18-13-8-11(17)5-6-12(13)15(20)21/h1-6,8H,7H2,(H,18,19)(H,20,21). The average Bonchev–Trinajstić information content (AvgIpc) is 2.41. The van der Waals surface area contributed by atoms with Crippen LogP contribution < -0.4 is 5.32 Å². The van der Waals surface area contributed by atoms with Crippen molar-refractivity contribution >= 4 is 49.4 Å². The fraction of sp³-hybridized carbons (Fsp3) is 0.0667. The molecule has 0 aliphatic rings. The molecule has 2 N–H and O–H groups in total. The second-order valence-electron chi connectivity index (χ2n) is 4.35. The van der Waals surface area contributed by atoms with E-state index in [0.29, 0.717) is 4.47 Å². The molecule has 4 nitrogen and oxygen atoms in total. The molecular weight excluding hydrogens is 402 g/mol. The van der Waals surface area contributed by atoms with E-state index in [1.54, 1.807) is 12.1 Å². The Kier molecular flexibility index (Phi) is 5.14. The van der Waals surface area contributed by atoms with Gasteiger partial charge in [0.2, 0.25) is 5.91 Å². The molecule has 0 saturated carbocycles. The van der Waals surface area contributed by atoms with Crippen LogP contribution in [0, 0.1) is 0 Å². The third-order valence-electron chi connectivity index (χ3n) is 2.76. The van der Waals surface area contributed by atoms with Crippen molar-refractivity contribution in [2.45, 2.75) is 6.42 Å². The van der Waals surface area contributed by atoms with Crippen molar-refractivity contribution in [1.29, 1.82) is 0 Å². The molecule has 0 bridgehead atoms. The zero-order valence-corrected chi connectivity index (χ0v) is 13.9. The highest BCUT2D eigenvalue weighted by Gasteiger charge is 2.13. The molecule has 0 aliphatic heterocycles. The van der Waals surface area contributed by atoms with Crippen molar-refractivity contribution < 1.29 is 14.7 Å². The third kappa shape index (κ3) is 4.41. The Morgan fingerprint density at radius 1 is 1.00 bits per heavy atom. The summed E-state index contributed by atoms with van der Waals surface area (Å²) < 4.78 is 1.64. The molecule has 21 heavy (non-hydrogen) atoms. The van der Waals surface area contributed by atoms with Crippen molar-refractivity contribution in [3.63, 3.8) is 0 Å². The first kappa shape index (κ1) is 15.7. The maximum atomic E-state index is 12.0. The van der Waals surface area contributed by atoms with E-state index >= 15 is 0 Å². The number of rotatable bonds is 4. The van der Waals surface area contributed by atoms with Gasteiger partial charge in [0.05, 0.1) is 17.7 Å². The Bertz CT molecular complexity index is 684. The largest absolute Gasteiger partial charge is 0.478 e. The fourth-order valence-corrected chi connectivity index (χ4v) is 2.41. The van der Waals surface area contributed by atoms with E-state index < -0.39 is 5.97 Å². The molecule has 1 amide bonds. The lowest BCUT2D eigenvalue weighted by Gasteiger charge is -2.09. The maximum absolute atomic E-state index is 12.0. The number of hydrogen-bond donors (Lipinski definition) is 2. The van der Waals surface area contributed by atoms with E-state index in [0.717, 1.165) is 10.0 Å². The molecule has 2 rings (SSSR count). The van der Waals surface area contributed by atoms with Crippen LogP contribution >= 0.6 is 31.9 Å². The molecule has 0 saturated heterocycles. The lowest BCUT2D eigenvalue weighted by molar-refractivity contribution is -0.115. The van der Waals surface area contributed by atoms with E-state index in [9.17, 15) is 9.59 Å². The van der Waals surface area contributed by atoms with Crippen molar-refractivity contribution in [2.75, 3.05) is 5.32 Å². The van der Waals surface area contributed by atoms with Gasteiger partial charge in [0.15, 0.2) is 0 Å². The van der Waals surface area contributed by atoms with Gasteiger partial charge in [0, 0.05) is 8.95 Å². The van der Waals surface area contributed by atoms with Crippen molar-refractivity contribution in [3.8, 4) is 0 Å². The van der Waals surface area contributed by atoms with E-state index in [2.05, 4.69) is 37.2 Å². The summed E-state index contributed by atoms with van der Waals surface area (Å²) in [5.74, 6) is -1.35. The van der Waals surface area contributed by atoms with Gasteiger partial charge in [-0.25, -0.2) is 4.79 Å². The summed E-state index contributed by atoms with van der Waals surface area (Å²) in [4.78, 5) is 23.2. The Hall–Kier alpha value is -1.66. The third-order valence-corrected chi connectivity index (χ3v) is 3.79. The lowest BCUT2D eigenvalue weighted by atomic mass is 10.1. The van der Waals surface area contributed by atoms with Gasteiger partial charge in [-0.05, 0) is 35.9 Å². The quantitative estimate of drug-likeness (QED) is 0.794. The number of halogens is 2. The number of carboxylic acid groups (broad SMARTS) is 1. The average molecular weight is 413 g/mol. The molecule has 0 unspecified atom stereocenters. The molecule has 0 fully saturated rings. The number of benzene rings is 2. The molecule has 0 heterocycles. The molecule has 2 aromatic rings. The van der Waals surface area contributed by atoms with Crippen LogP contribution in [0.3, 0.4) is 0 Å². The van der Waals surface area contributed by atoms with Crippen molar-refractivity contribution in [3.05, 3.63) is 62.5 Å². The fourth-order valence-electron chi connectivity index (χ4n) is 1.79. The van der Waals surface area contributed by atoms with Gasteiger partial charge < -0.3 is 10.4 Å². The number of carbonyl (C=O) groups is 2. The van der Waals surface area contributed by atoms with Gasteiger partial charge in [-0.3, -0.25) is 4.79 Å². The number of amides is 1.